The fraction of sp³-hybridized carbons (Fsp3) is 0.364. The molecule has 0 bridgehead atoms. The number of aromatic nitrogens is 1. The molecule has 0 aliphatic carbocycles. The molecular weight excluding hydrogens is 338 g/mol. The van der Waals surface area contributed by atoms with Crippen LogP contribution in [-0.4, -0.2) is 36.7 Å². The molecule has 114 valence electrons. The smallest absolute Gasteiger partial charge is 0.271 e. The van der Waals surface area contributed by atoms with E-state index in [1.807, 2.05) is 0 Å². The summed E-state index contributed by atoms with van der Waals surface area (Å²) >= 11 is 1.06. The van der Waals surface area contributed by atoms with Crippen molar-refractivity contribution in [2.45, 2.75) is 16.0 Å². The fourth-order valence-corrected chi connectivity index (χ4v) is 5.26. The normalized spacial score (nSPS) is 18.6. The first-order chi connectivity index (χ1) is 9.48. The summed E-state index contributed by atoms with van der Waals surface area (Å²) in [5.41, 5.74) is 0.267. The number of halogens is 1. The average Bonchev–Trinajstić information content (AvgIpc) is 3.07. The molecule has 1 N–H and O–H groups in total. The first kappa shape index (κ1) is 16.1. The summed E-state index contributed by atoms with van der Waals surface area (Å²) in [7, 11) is -3.46. The molecule has 0 unspecified atom stereocenters. The molecule has 0 radical (unpaired) electrons. The number of nitro groups is 1. The lowest BCUT2D eigenvalue weighted by atomic mass is 10.3. The maximum absolute atomic E-state index is 12.4. The van der Waals surface area contributed by atoms with Crippen LogP contribution in [0, 0.1) is 10.1 Å². The Labute approximate surface area is 130 Å². The van der Waals surface area contributed by atoms with Gasteiger partial charge in [-0.3, -0.25) is 10.1 Å². The van der Waals surface area contributed by atoms with E-state index < -0.39 is 20.0 Å². The van der Waals surface area contributed by atoms with Crippen LogP contribution < -0.4 is 5.32 Å². The number of rotatable bonds is 3. The molecule has 1 saturated heterocycles. The Hall–Kier alpha value is -1.29. The topological polar surface area (TPSA) is 102 Å². The van der Waals surface area contributed by atoms with Crippen LogP contribution in [0.15, 0.2) is 22.5 Å². The Balaban J connectivity index is 0.00000161. The Morgan fingerprint density at radius 1 is 1.43 bits per heavy atom. The van der Waals surface area contributed by atoms with E-state index in [4.69, 9.17) is 0 Å². The highest BCUT2D eigenvalue weighted by Crippen LogP contribution is 2.31. The lowest BCUT2D eigenvalue weighted by Gasteiger charge is -2.06. The summed E-state index contributed by atoms with van der Waals surface area (Å²) in [6.07, 6.45) is 0.568. The minimum Gasteiger partial charge on any atom is -0.315 e. The maximum atomic E-state index is 12.4. The summed E-state index contributed by atoms with van der Waals surface area (Å²) in [5.74, 6) is 0. The molecule has 1 aliphatic heterocycles. The number of non-ortho nitro benzene ring substituents is 1. The van der Waals surface area contributed by atoms with Crippen LogP contribution in [0.25, 0.3) is 10.2 Å². The van der Waals surface area contributed by atoms with Crippen molar-refractivity contribution in [3.05, 3.63) is 28.3 Å². The van der Waals surface area contributed by atoms with Crippen molar-refractivity contribution in [2.24, 2.45) is 0 Å². The van der Waals surface area contributed by atoms with E-state index in [0.717, 1.165) is 11.3 Å². The van der Waals surface area contributed by atoms with Gasteiger partial charge in [0, 0.05) is 18.7 Å². The SMILES string of the molecule is Cl.O=[N+]([O-])c1ccc2sc(S(=O)(=O)[C@H]3CCNC3)nc2c1. The monoisotopic (exact) mass is 349 g/mol. The number of sulfone groups is 1. The summed E-state index contributed by atoms with van der Waals surface area (Å²) in [4.78, 5) is 14.3. The predicted molar refractivity (Wildman–Crippen MR) is 82.0 cm³/mol. The van der Waals surface area contributed by atoms with Crippen molar-refractivity contribution in [1.29, 1.82) is 0 Å². The molecule has 3 rings (SSSR count). The van der Waals surface area contributed by atoms with Gasteiger partial charge in [0.2, 0.25) is 14.2 Å². The Kier molecular flexibility index (Phi) is 4.47. The second-order valence-electron chi connectivity index (χ2n) is 4.55. The lowest BCUT2D eigenvalue weighted by molar-refractivity contribution is -0.384. The molecule has 2 aromatic rings. The van der Waals surface area contributed by atoms with E-state index in [1.165, 1.54) is 18.2 Å². The molecule has 0 amide bonds. The highest BCUT2D eigenvalue weighted by molar-refractivity contribution is 7.94. The number of nitrogens with one attached hydrogen (secondary N) is 1. The van der Waals surface area contributed by atoms with E-state index in [1.54, 1.807) is 0 Å². The maximum Gasteiger partial charge on any atom is 0.271 e. The van der Waals surface area contributed by atoms with E-state index >= 15 is 0 Å². The van der Waals surface area contributed by atoms with E-state index in [9.17, 15) is 18.5 Å². The molecule has 0 saturated carbocycles. The highest BCUT2D eigenvalue weighted by atomic mass is 35.5. The fourth-order valence-electron chi connectivity index (χ4n) is 2.17. The van der Waals surface area contributed by atoms with Crippen LogP contribution in [0.3, 0.4) is 0 Å². The summed E-state index contributed by atoms with van der Waals surface area (Å²) in [6, 6.07) is 4.20. The molecule has 0 spiro atoms. The van der Waals surface area contributed by atoms with Crippen LogP contribution in [-0.2, 0) is 9.84 Å². The van der Waals surface area contributed by atoms with E-state index in [-0.39, 0.29) is 22.4 Å². The Bertz CT molecular complexity index is 784. The largest absolute Gasteiger partial charge is 0.315 e. The summed E-state index contributed by atoms with van der Waals surface area (Å²) < 4.78 is 25.5. The summed E-state index contributed by atoms with van der Waals surface area (Å²) in [5, 5.41) is 13.3. The number of benzene rings is 1. The number of hydrogen-bond donors (Lipinski definition) is 1. The molecule has 1 atom stereocenters. The van der Waals surface area contributed by atoms with Crippen LogP contribution in [0.1, 0.15) is 6.42 Å². The molecule has 1 aliphatic rings. The molecule has 7 nitrogen and oxygen atoms in total. The molecule has 1 aromatic heterocycles. The predicted octanol–water partition coefficient (Wildman–Crippen LogP) is 1.76. The summed E-state index contributed by atoms with van der Waals surface area (Å²) in [6.45, 7) is 1.11. The van der Waals surface area contributed by atoms with Gasteiger partial charge in [0.25, 0.3) is 5.69 Å². The molecule has 2 heterocycles. The van der Waals surface area contributed by atoms with E-state index in [2.05, 4.69) is 10.3 Å². The van der Waals surface area contributed by atoms with Gasteiger partial charge in [-0.2, -0.15) is 0 Å². The molecule has 21 heavy (non-hydrogen) atoms. The standard InChI is InChI=1S/C11H11N3O4S2.ClH/c15-14(16)7-1-2-10-9(5-7)13-11(19-10)20(17,18)8-3-4-12-6-8;/h1-2,5,8,12H,3-4,6H2;1H/t8-;/m0./s1. The van der Waals surface area contributed by atoms with Crippen LogP contribution >= 0.6 is 23.7 Å². The number of thiazole rings is 1. The van der Waals surface area contributed by atoms with Crippen molar-refractivity contribution in [2.75, 3.05) is 13.1 Å². The third-order valence-electron chi connectivity index (χ3n) is 3.26. The zero-order valence-electron chi connectivity index (χ0n) is 10.7. The molecule has 1 fully saturated rings. The third kappa shape index (κ3) is 2.86. The number of hydrogen-bond acceptors (Lipinski definition) is 7. The first-order valence-electron chi connectivity index (χ1n) is 5.98. The van der Waals surface area contributed by atoms with Gasteiger partial charge in [0.15, 0.2) is 0 Å². The zero-order chi connectivity index (χ0) is 14.3. The molecule has 1 aromatic carbocycles. The average molecular weight is 350 g/mol. The number of fused-ring (bicyclic) bond motifs is 1. The second-order valence-corrected chi connectivity index (χ2v) is 7.98. The van der Waals surface area contributed by atoms with Gasteiger partial charge >= 0.3 is 0 Å². The minimum absolute atomic E-state index is 0. The van der Waals surface area contributed by atoms with Gasteiger partial charge in [-0.1, -0.05) is 0 Å². The van der Waals surface area contributed by atoms with E-state index in [0.29, 0.717) is 29.7 Å². The van der Waals surface area contributed by atoms with Crippen LogP contribution in [0.2, 0.25) is 0 Å². The third-order valence-corrected chi connectivity index (χ3v) is 6.90. The molecular formula is C11H12ClN3O4S2. The Morgan fingerprint density at radius 2 is 2.19 bits per heavy atom. The highest BCUT2D eigenvalue weighted by Gasteiger charge is 2.33. The second kappa shape index (κ2) is 5.84. The zero-order valence-corrected chi connectivity index (χ0v) is 13.1. The van der Waals surface area contributed by atoms with Crippen LogP contribution in [0.4, 0.5) is 5.69 Å². The van der Waals surface area contributed by atoms with Gasteiger partial charge in [-0.05, 0) is 19.0 Å². The lowest BCUT2D eigenvalue weighted by Crippen LogP contribution is -2.23. The van der Waals surface area contributed by atoms with Gasteiger partial charge in [0.05, 0.1) is 20.4 Å². The Morgan fingerprint density at radius 3 is 2.81 bits per heavy atom. The minimum atomic E-state index is -3.46. The molecule has 10 heteroatoms. The van der Waals surface area contributed by atoms with Gasteiger partial charge < -0.3 is 5.32 Å². The van der Waals surface area contributed by atoms with Gasteiger partial charge in [-0.15, -0.1) is 23.7 Å². The quantitative estimate of drug-likeness (QED) is 0.669. The van der Waals surface area contributed by atoms with Crippen LogP contribution in [0.5, 0.6) is 0 Å². The van der Waals surface area contributed by atoms with Gasteiger partial charge in [0.1, 0.15) is 0 Å². The number of nitro benzene ring substituents is 1. The first-order valence-corrected chi connectivity index (χ1v) is 8.34. The van der Waals surface area contributed by atoms with Crippen molar-refractivity contribution < 1.29 is 13.3 Å². The van der Waals surface area contributed by atoms with Crippen molar-refractivity contribution in [1.82, 2.24) is 10.3 Å². The van der Waals surface area contributed by atoms with Crippen molar-refractivity contribution in [3.8, 4) is 0 Å². The number of nitrogens with zero attached hydrogens (tertiary/aromatic N) is 2. The van der Waals surface area contributed by atoms with Crippen molar-refractivity contribution in [3.63, 3.8) is 0 Å². The van der Waals surface area contributed by atoms with Crippen molar-refractivity contribution >= 4 is 49.5 Å². The van der Waals surface area contributed by atoms with Gasteiger partial charge in [-0.25, -0.2) is 13.4 Å².